The molecular weight excluding hydrogens is 349 g/mol. The number of halogens is 5. The summed E-state index contributed by atoms with van der Waals surface area (Å²) in [5.74, 6) is -1.32. The molecule has 10 heteroatoms. The molecule has 2 aromatic rings. The fraction of sp³-hybridized carbons (Fsp3) is 0.400. The highest BCUT2D eigenvalue weighted by Gasteiger charge is 2.41. The lowest BCUT2D eigenvalue weighted by atomic mass is 9.87. The molecule has 0 spiro atoms. The quantitative estimate of drug-likeness (QED) is 0.708. The summed E-state index contributed by atoms with van der Waals surface area (Å²) in [5.41, 5.74) is -3.01. The molecule has 0 aliphatic heterocycles. The number of Topliss-reactive ketones (excluding diaryl/α,β-unsaturated/α-hetero) is 1. The zero-order valence-corrected chi connectivity index (χ0v) is 13.0. The van der Waals surface area contributed by atoms with Crippen LogP contribution < -0.4 is 4.74 Å². The van der Waals surface area contributed by atoms with Crippen molar-refractivity contribution >= 4 is 5.78 Å². The molecule has 1 aromatic carbocycles. The Bertz CT molecular complexity index is 714. The van der Waals surface area contributed by atoms with Gasteiger partial charge in [-0.05, 0) is 25.1 Å². The minimum Gasteiger partial charge on any atom is -0.461 e. The topological polar surface area (TPSA) is 57.0 Å². The number of ketones is 1. The molecule has 0 N–H and O–H groups in total. The molecule has 1 aromatic heterocycles. The molecule has 1 atom stereocenters. The molecule has 25 heavy (non-hydrogen) atoms. The Kier molecular flexibility index (Phi) is 5.39. The van der Waals surface area contributed by atoms with E-state index >= 15 is 0 Å². The van der Waals surface area contributed by atoms with Crippen molar-refractivity contribution in [3.63, 3.8) is 0 Å². The normalized spacial score (nSPS) is 13.5. The van der Waals surface area contributed by atoms with Gasteiger partial charge in [-0.3, -0.25) is 4.79 Å². The molecule has 0 bridgehead atoms. The molecule has 0 saturated heterocycles. The van der Waals surface area contributed by atoms with E-state index in [2.05, 4.69) is 10.1 Å². The Labute approximate surface area is 139 Å². The predicted molar refractivity (Wildman–Crippen MR) is 76.2 cm³/mol. The molecule has 0 radical (unpaired) electrons. The van der Waals surface area contributed by atoms with Crippen molar-refractivity contribution in [2.45, 2.75) is 19.3 Å². The first kappa shape index (κ1) is 18.8. The van der Waals surface area contributed by atoms with Gasteiger partial charge >= 0.3 is 6.18 Å². The van der Waals surface area contributed by atoms with Gasteiger partial charge in [0.25, 0.3) is 6.23 Å². The maximum absolute atomic E-state index is 13.1. The van der Waals surface area contributed by atoms with Gasteiger partial charge in [-0.15, -0.1) is 0 Å². The van der Waals surface area contributed by atoms with Gasteiger partial charge in [0, 0.05) is 0 Å². The number of hydrogen-bond acceptors (Lipinski definition) is 4. The van der Waals surface area contributed by atoms with E-state index in [0.717, 1.165) is 36.4 Å². The summed E-state index contributed by atoms with van der Waals surface area (Å²) in [7, 11) is 0. The van der Waals surface area contributed by atoms with Crippen LogP contribution in [0.3, 0.4) is 0 Å². The zero-order valence-electron chi connectivity index (χ0n) is 13.0. The van der Waals surface area contributed by atoms with Crippen LogP contribution >= 0.6 is 0 Å². The second-order valence-corrected chi connectivity index (χ2v) is 5.56. The first-order chi connectivity index (χ1) is 11.7. The number of carbonyl (C=O) groups excluding carboxylic acids is 1. The first-order valence-electron chi connectivity index (χ1n) is 7.05. The van der Waals surface area contributed by atoms with E-state index in [0.29, 0.717) is 6.07 Å². The van der Waals surface area contributed by atoms with Gasteiger partial charge in [-0.2, -0.15) is 18.3 Å². The van der Waals surface area contributed by atoms with Crippen molar-refractivity contribution in [3.8, 4) is 5.75 Å². The van der Waals surface area contributed by atoms with Crippen LogP contribution in [0.2, 0.25) is 0 Å². The standard InChI is InChI=1S/C15H14F5N3O2/c1-14(6-16,7-17)12(24)13(23-9-21-8-22-23)25-11-4-2-3-10(5-11)15(18,19)20/h2-5,8-9,13H,6-7H2,1H3. The van der Waals surface area contributed by atoms with E-state index in [1.807, 2.05) is 0 Å². The summed E-state index contributed by atoms with van der Waals surface area (Å²) in [6, 6.07) is 3.78. The molecule has 0 aliphatic rings. The third-order valence-electron chi connectivity index (χ3n) is 3.49. The van der Waals surface area contributed by atoms with Crippen molar-refractivity contribution in [2.75, 3.05) is 13.3 Å². The smallest absolute Gasteiger partial charge is 0.416 e. The van der Waals surface area contributed by atoms with Gasteiger partial charge in [0.15, 0.2) is 0 Å². The van der Waals surface area contributed by atoms with E-state index in [1.54, 1.807) is 0 Å². The molecule has 0 fully saturated rings. The monoisotopic (exact) mass is 363 g/mol. The average Bonchev–Trinajstić information content (AvgIpc) is 3.12. The molecular formula is C15H14F5N3O2. The maximum atomic E-state index is 13.1. The highest BCUT2D eigenvalue weighted by atomic mass is 19.4. The fourth-order valence-electron chi connectivity index (χ4n) is 1.91. The van der Waals surface area contributed by atoms with Crippen LogP contribution in [0.4, 0.5) is 22.0 Å². The number of alkyl halides is 5. The van der Waals surface area contributed by atoms with Crippen LogP contribution in [0.25, 0.3) is 0 Å². The molecule has 5 nitrogen and oxygen atoms in total. The number of hydrogen-bond donors (Lipinski definition) is 0. The van der Waals surface area contributed by atoms with Crippen molar-refractivity contribution in [1.29, 1.82) is 0 Å². The number of ether oxygens (including phenoxy) is 1. The van der Waals surface area contributed by atoms with Crippen LogP contribution in [0.1, 0.15) is 18.7 Å². The summed E-state index contributed by atoms with van der Waals surface area (Å²) in [6.07, 6.45) is -4.16. The van der Waals surface area contributed by atoms with Crippen LogP contribution in [-0.2, 0) is 11.0 Å². The van der Waals surface area contributed by atoms with Crippen molar-refractivity contribution < 1.29 is 31.5 Å². The third-order valence-corrected chi connectivity index (χ3v) is 3.49. The van der Waals surface area contributed by atoms with Crippen LogP contribution in [0.5, 0.6) is 5.75 Å². The molecule has 2 rings (SSSR count). The number of nitrogens with zero attached hydrogens (tertiary/aromatic N) is 3. The maximum Gasteiger partial charge on any atom is 0.416 e. The van der Waals surface area contributed by atoms with Gasteiger partial charge in [-0.1, -0.05) is 6.07 Å². The second kappa shape index (κ2) is 7.16. The minimum absolute atomic E-state index is 0.302. The first-order valence-corrected chi connectivity index (χ1v) is 7.05. The van der Waals surface area contributed by atoms with E-state index in [1.165, 1.54) is 6.07 Å². The van der Waals surface area contributed by atoms with E-state index in [9.17, 15) is 26.7 Å². The van der Waals surface area contributed by atoms with E-state index in [4.69, 9.17) is 4.74 Å². The van der Waals surface area contributed by atoms with Crippen molar-refractivity contribution in [1.82, 2.24) is 14.8 Å². The molecule has 0 aliphatic carbocycles. The lowest BCUT2D eigenvalue weighted by Gasteiger charge is -2.27. The lowest BCUT2D eigenvalue weighted by Crippen LogP contribution is -2.41. The van der Waals surface area contributed by atoms with Gasteiger partial charge in [-0.25, -0.2) is 18.4 Å². The summed E-state index contributed by atoms with van der Waals surface area (Å²) < 4.78 is 70.8. The highest BCUT2D eigenvalue weighted by molar-refractivity contribution is 5.87. The number of benzene rings is 1. The van der Waals surface area contributed by atoms with Crippen LogP contribution in [-0.4, -0.2) is 33.9 Å². The van der Waals surface area contributed by atoms with E-state index in [-0.39, 0.29) is 5.75 Å². The van der Waals surface area contributed by atoms with Gasteiger partial charge in [0.2, 0.25) is 5.78 Å². The zero-order chi connectivity index (χ0) is 18.7. The molecule has 0 amide bonds. The molecule has 1 unspecified atom stereocenters. The molecule has 1 heterocycles. The average molecular weight is 363 g/mol. The predicted octanol–water partition coefficient (Wildman–Crippen LogP) is 3.39. The van der Waals surface area contributed by atoms with Gasteiger partial charge in [0.05, 0.1) is 11.0 Å². The Hall–Kier alpha value is -2.52. The fourth-order valence-corrected chi connectivity index (χ4v) is 1.91. The van der Waals surface area contributed by atoms with Gasteiger partial charge in [0.1, 0.15) is 31.8 Å². The number of aromatic nitrogens is 3. The number of carbonyl (C=O) groups is 1. The Morgan fingerprint density at radius 2 is 1.96 bits per heavy atom. The lowest BCUT2D eigenvalue weighted by molar-refractivity contribution is -0.142. The molecule has 136 valence electrons. The molecule has 0 saturated carbocycles. The van der Waals surface area contributed by atoms with Crippen molar-refractivity contribution in [2.24, 2.45) is 5.41 Å². The summed E-state index contributed by atoms with van der Waals surface area (Å²) in [4.78, 5) is 16.1. The Morgan fingerprint density at radius 1 is 1.28 bits per heavy atom. The Morgan fingerprint density at radius 3 is 2.48 bits per heavy atom. The number of rotatable bonds is 7. The van der Waals surface area contributed by atoms with Crippen LogP contribution in [0, 0.1) is 5.41 Å². The summed E-state index contributed by atoms with van der Waals surface area (Å²) in [6.45, 7) is -1.56. The van der Waals surface area contributed by atoms with E-state index < -0.39 is 42.5 Å². The Balaban J connectivity index is 2.37. The third kappa shape index (κ3) is 4.12. The van der Waals surface area contributed by atoms with Crippen molar-refractivity contribution in [3.05, 3.63) is 42.5 Å². The second-order valence-electron chi connectivity index (χ2n) is 5.56. The summed E-state index contributed by atoms with van der Waals surface area (Å²) in [5, 5.41) is 3.68. The summed E-state index contributed by atoms with van der Waals surface area (Å²) >= 11 is 0. The highest BCUT2D eigenvalue weighted by Crippen LogP contribution is 2.33. The SMILES string of the molecule is CC(CF)(CF)C(=O)C(Oc1cccc(C(F)(F)F)c1)n1cncn1. The van der Waals surface area contributed by atoms with Gasteiger partial charge < -0.3 is 4.74 Å². The van der Waals surface area contributed by atoms with Crippen LogP contribution in [0.15, 0.2) is 36.9 Å². The largest absolute Gasteiger partial charge is 0.461 e. The minimum atomic E-state index is -4.61.